The van der Waals surface area contributed by atoms with Crippen LogP contribution < -0.4 is 15.5 Å². The zero-order valence-electron chi connectivity index (χ0n) is 20.0. The van der Waals surface area contributed by atoms with Gasteiger partial charge in [0, 0.05) is 12.1 Å². The molecular formula is C29H29NO4. The normalized spacial score (nSPS) is 11.4. The molecule has 4 rings (SSSR count). The molecule has 0 saturated carbocycles. The zero-order valence-corrected chi connectivity index (χ0v) is 20.0. The molecule has 5 nitrogen and oxygen atoms in total. The highest BCUT2D eigenvalue weighted by atomic mass is 16.5. The van der Waals surface area contributed by atoms with E-state index in [-0.39, 0.29) is 29.1 Å². The number of hydrogen-bond acceptors (Lipinski definition) is 4. The smallest absolute Gasteiger partial charge is 0.258 e. The summed E-state index contributed by atoms with van der Waals surface area (Å²) in [4.78, 5) is 25.8. The van der Waals surface area contributed by atoms with Crippen molar-refractivity contribution in [1.29, 1.82) is 0 Å². The molecule has 0 fully saturated rings. The molecule has 34 heavy (non-hydrogen) atoms. The monoisotopic (exact) mass is 455 g/mol. The van der Waals surface area contributed by atoms with Gasteiger partial charge in [0.1, 0.15) is 5.58 Å². The zero-order chi connectivity index (χ0) is 24.3. The molecule has 0 spiro atoms. The molecule has 0 unspecified atom stereocenters. The van der Waals surface area contributed by atoms with Crippen LogP contribution in [0.5, 0.6) is 5.75 Å². The van der Waals surface area contributed by atoms with Crippen molar-refractivity contribution in [3.63, 3.8) is 0 Å². The molecule has 1 aromatic heterocycles. The maximum absolute atomic E-state index is 13.4. The summed E-state index contributed by atoms with van der Waals surface area (Å²) in [6.07, 6.45) is 0. The first-order chi connectivity index (χ1) is 16.2. The Labute approximate surface area is 199 Å². The molecule has 0 saturated heterocycles. The van der Waals surface area contributed by atoms with Crippen molar-refractivity contribution in [2.75, 3.05) is 6.61 Å². The lowest BCUT2D eigenvalue weighted by Gasteiger charge is -2.19. The number of aryl methyl sites for hydroxylation is 1. The van der Waals surface area contributed by atoms with Crippen LogP contribution in [0.25, 0.3) is 22.3 Å². The molecule has 174 valence electrons. The van der Waals surface area contributed by atoms with Gasteiger partial charge in [-0.1, -0.05) is 87.0 Å². The van der Waals surface area contributed by atoms with E-state index in [0.717, 1.165) is 16.7 Å². The maximum atomic E-state index is 13.4. The lowest BCUT2D eigenvalue weighted by Crippen LogP contribution is -2.29. The summed E-state index contributed by atoms with van der Waals surface area (Å²) in [7, 11) is 0. The van der Waals surface area contributed by atoms with E-state index in [4.69, 9.17) is 9.15 Å². The van der Waals surface area contributed by atoms with Gasteiger partial charge in [-0.05, 0) is 35.6 Å². The van der Waals surface area contributed by atoms with Crippen molar-refractivity contribution in [3.05, 3.63) is 99.7 Å². The summed E-state index contributed by atoms with van der Waals surface area (Å²) in [5.41, 5.74) is 3.98. The number of rotatable bonds is 6. The summed E-state index contributed by atoms with van der Waals surface area (Å²) in [6, 6.07) is 22.9. The van der Waals surface area contributed by atoms with Crippen LogP contribution in [0, 0.1) is 6.92 Å². The highest BCUT2D eigenvalue weighted by molar-refractivity contribution is 5.83. The third-order valence-corrected chi connectivity index (χ3v) is 5.70. The van der Waals surface area contributed by atoms with Crippen LogP contribution in [0.15, 0.2) is 82.0 Å². The van der Waals surface area contributed by atoms with E-state index < -0.39 is 0 Å². The second-order valence-electron chi connectivity index (χ2n) is 9.47. The Bertz CT molecular complexity index is 1360. The minimum absolute atomic E-state index is 0.00352. The summed E-state index contributed by atoms with van der Waals surface area (Å²) in [6.45, 7) is 8.43. The highest BCUT2D eigenvalue weighted by Gasteiger charge is 2.20. The Morgan fingerprint density at radius 1 is 0.971 bits per heavy atom. The highest BCUT2D eigenvalue weighted by Crippen LogP contribution is 2.33. The first-order valence-electron chi connectivity index (χ1n) is 11.3. The molecule has 0 aliphatic rings. The largest absolute Gasteiger partial charge is 0.476 e. The molecule has 0 radical (unpaired) electrons. The summed E-state index contributed by atoms with van der Waals surface area (Å²) in [5.74, 6) is 0.0377. The number of hydrogen-bond donors (Lipinski definition) is 1. The molecule has 0 aliphatic heterocycles. The Morgan fingerprint density at radius 2 is 1.68 bits per heavy atom. The van der Waals surface area contributed by atoms with Crippen molar-refractivity contribution < 1.29 is 13.9 Å². The molecular weight excluding hydrogens is 426 g/mol. The number of carbonyl (C=O) groups excluding carboxylic acids is 1. The van der Waals surface area contributed by atoms with Crippen molar-refractivity contribution in [1.82, 2.24) is 5.32 Å². The topological polar surface area (TPSA) is 68.5 Å². The van der Waals surface area contributed by atoms with Crippen LogP contribution in [0.2, 0.25) is 0 Å². The lowest BCUT2D eigenvalue weighted by molar-refractivity contribution is -0.123. The number of benzene rings is 3. The third kappa shape index (κ3) is 5.20. The van der Waals surface area contributed by atoms with Crippen molar-refractivity contribution in [2.24, 2.45) is 0 Å². The van der Waals surface area contributed by atoms with Gasteiger partial charge >= 0.3 is 0 Å². The summed E-state index contributed by atoms with van der Waals surface area (Å²) < 4.78 is 11.9. The van der Waals surface area contributed by atoms with Gasteiger partial charge in [0.15, 0.2) is 12.4 Å². The molecule has 0 atom stereocenters. The van der Waals surface area contributed by atoms with Crippen LogP contribution >= 0.6 is 0 Å². The molecule has 1 heterocycles. The first kappa shape index (κ1) is 23.3. The van der Waals surface area contributed by atoms with Gasteiger partial charge in [0.05, 0.1) is 5.39 Å². The Hall–Kier alpha value is -3.86. The van der Waals surface area contributed by atoms with E-state index >= 15 is 0 Å². The van der Waals surface area contributed by atoms with E-state index in [1.165, 1.54) is 0 Å². The summed E-state index contributed by atoms with van der Waals surface area (Å²) in [5, 5.41) is 3.25. The lowest BCUT2D eigenvalue weighted by atomic mass is 9.86. The Balaban J connectivity index is 1.65. The maximum Gasteiger partial charge on any atom is 0.258 e. The standard InChI is InChI=1S/C29H29NO4/c1-19-10-15-24-23(16-19)26(32)28(33-18-25(31)30-17-20-8-6-5-7-9-20)27(34-24)21-11-13-22(14-12-21)29(2,3)4/h5-16H,17-18H2,1-4H3,(H,30,31). The molecule has 1 N–H and O–H groups in total. The average Bonchev–Trinajstić information content (AvgIpc) is 2.82. The first-order valence-corrected chi connectivity index (χ1v) is 11.3. The quantitative estimate of drug-likeness (QED) is 0.401. The second kappa shape index (κ2) is 9.56. The average molecular weight is 456 g/mol. The van der Waals surface area contributed by atoms with Gasteiger partial charge in [0.25, 0.3) is 5.91 Å². The van der Waals surface area contributed by atoms with Crippen LogP contribution in [0.1, 0.15) is 37.5 Å². The van der Waals surface area contributed by atoms with Crippen LogP contribution in [0.3, 0.4) is 0 Å². The van der Waals surface area contributed by atoms with Crippen LogP contribution in [-0.4, -0.2) is 12.5 Å². The fraction of sp³-hybridized carbons (Fsp3) is 0.241. The van der Waals surface area contributed by atoms with Gasteiger partial charge in [-0.2, -0.15) is 0 Å². The molecule has 4 aromatic rings. The second-order valence-corrected chi connectivity index (χ2v) is 9.47. The minimum Gasteiger partial charge on any atom is -0.476 e. The molecule has 3 aromatic carbocycles. The number of fused-ring (bicyclic) bond motifs is 1. The molecule has 0 bridgehead atoms. The van der Waals surface area contributed by atoms with Gasteiger partial charge in [-0.25, -0.2) is 0 Å². The van der Waals surface area contributed by atoms with E-state index in [1.54, 1.807) is 12.1 Å². The van der Waals surface area contributed by atoms with E-state index in [9.17, 15) is 9.59 Å². The van der Waals surface area contributed by atoms with Crippen molar-refractivity contribution in [3.8, 4) is 17.1 Å². The van der Waals surface area contributed by atoms with Gasteiger partial charge in [0.2, 0.25) is 11.2 Å². The molecule has 1 amide bonds. The van der Waals surface area contributed by atoms with E-state index in [1.807, 2.05) is 67.6 Å². The number of nitrogens with one attached hydrogen (secondary N) is 1. The minimum atomic E-state index is -0.318. The fourth-order valence-corrected chi connectivity index (χ4v) is 3.72. The number of amides is 1. The predicted octanol–water partition coefficient (Wildman–Crippen LogP) is 5.76. The number of ether oxygens (including phenoxy) is 1. The van der Waals surface area contributed by atoms with E-state index in [2.05, 4.69) is 26.1 Å². The summed E-state index contributed by atoms with van der Waals surface area (Å²) >= 11 is 0. The number of carbonyl (C=O) groups is 1. The third-order valence-electron chi connectivity index (χ3n) is 5.70. The molecule has 0 aliphatic carbocycles. The van der Waals surface area contributed by atoms with Gasteiger partial charge in [-0.3, -0.25) is 9.59 Å². The fourth-order valence-electron chi connectivity index (χ4n) is 3.72. The van der Waals surface area contributed by atoms with Gasteiger partial charge < -0.3 is 14.5 Å². The van der Waals surface area contributed by atoms with Crippen molar-refractivity contribution in [2.45, 2.75) is 39.7 Å². The SMILES string of the molecule is Cc1ccc2oc(-c3ccc(C(C)(C)C)cc3)c(OCC(=O)NCc3ccccc3)c(=O)c2c1. The van der Waals surface area contributed by atoms with Gasteiger partial charge in [-0.15, -0.1) is 0 Å². The van der Waals surface area contributed by atoms with Crippen LogP contribution in [0.4, 0.5) is 0 Å². The molecule has 5 heteroatoms. The Kier molecular flexibility index (Phi) is 6.55. The van der Waals surface area contributed by atoms with Crippen molar-refractivity contribution >= 4 is 16.9 Å². The predicted molar refractivity (Wildman–Crippen MR) is 135 cm³/mol. The Morgan fingerprint density at radius 3 is 2.35 bits per heavy atom. The van der Waals surface area contributed by atoms with E-state index in [0.29, 0.717) is 28.8 Å². The van der Waals surface area contributed by atoms with Crippen LogP contribution in [-0.2, 0) is 16.8 Å².